The number of rotatable bonds is 5. The van der Waals surface area contributed by atoms with Crippen molar-refractivity contribution in [2.24, 2.45) is 0 Å². The van der Waals surface area contributed by atoms with E-state index in [0.717, 1.165) is 11.4 Å². The minimum Gasteiger partial charge on any atom is -0.497 e. The lowest BCUT2D eigenvalue weighted by atomic mass is 10.2. The van der Waals surface area contributed by atoms with Gasteiger partial charge in [0, 0.05) is 16.3 Å². The molecular weight excluding hydrogens is 338 g/mol. The van der Waals surface area contributed by atoms with Gasteiger partial charge in [0.05, 0.1) is 19.0 Å². The van der Waals surface area contributed by atoms with Crippen LogP contribution in [0, 0.1) is 0 Å². The van der Waals surface area contributed by atoms with E-state index in [0.29, 0.717) is 22.1 Å². The van der Waals surface area contributed by atoms with Gasteiger partial charge in [-0.2, -0.15) is 0 Å². The normalized spacial score (nSPS) is 10.2. The third-order valence-electron chi connectivity index (χ3n) is 3.47. The Hall–Kier alpha value is -3.05. The van der Waals surface area contributed by atoms with Crippen LogP contribution in [0.15, 0.2) is 66.9 Å². The second-order valence-corrected chi connectivity index (χ2v) is 5.69. The summed E-state index contributed by atoms with van der Waals surface area (Å²) >= 11 is 5.90. The lowest BCUT2D eigenvalue weighted by Crippen LogP contribution is -2.12. The number of aromatic nitrogens is 1. The number of nitrogens with zero attached hydrogens (tertiary/aromatic N) is 1. The van der Waals surface area contributed by atoms with Crippen LogP contribution in [0.2, 0.25) is 5.02 Å². The van der Waals surface area contributed by atoms with Gasteiger partial charge in [0.2, 0.25) is 0 Å². The quantitative estimate of drug-likeness (QED) is 0.695. The Morgan fingerprint density at radius 2 is 1.80 bits per heavy atom. The van der Waals surface area contributed by atoms with E-state index in [1.807, 2.05) is 24.3 Å². The van der Waals surface area contributed by atoms with Gasteiger partial charge in [0.15, 0.2) is 0 Å². The van der Waals surface area contributed by atoms with Crippen LogP contribution in [0.1, 0.15) is 10.4 Å². The molecule has 3 aromatic rings. The van der Waals surface area contributed by atoms with Crippen LogP contribution in [0.5, 0.6) is 5.75 Å². The first-order valence-electron chi connectivity index (χ1n) is 7.58. The molecular formula is C19H16ClN3O2. The lowest BCUT2D eigenvalue weighted by molar-refractivity contribution is 0.102. The highest BCUT2D eigenvalue weighted by Crippen LogP contribution is 2.20. The van der Waals surface area contributed by atoms with Gasteiger partial charge in [0.1, 0.15) is 11.6 Å². The molecule has 0 aliphatic rings. The molecule has 0 saturated carbocycles. The molecule has 0 unspecified atom stereocenters. The smallest absolute Gasteiger partial charge is 0.255 e. The molecule has 1 heterocycles. The largest absolute Gasteiger partial charge is 0.497 e. The highest BCUT2D eigenvalue weighted by atomic mass is 35.5. The zero-order valence-electron chi connectivity index (χ0n) is 13.5. The Morgan fingerprint density at radius 3 is 2.44 bits per heavy atom. The Bertz CT molecular complexity index is 865. The van der Waals surface area contributed by atoms with E-state index in [1.165, 1.54) is 0 Å². The fourth-order valence-electron chi connectivity index (χ4n) is 2.20. The minimum absolute atomic E-state index is 0.236. The van der Waals surface area contributed by atoms with E-state index < -0.39 is 0 Å². The van der Waals surface area contributed by atoms with Crippen molar-refractivity contribution < 1.29 is 9.53 Å². The number of carbonyl (C=O) groups is 1. The van der Waals surface area contributed by atoms with E-state index in [-0.39, 0.29) is 5.91 Å². The Balaban J connectivity index is 1.64. The molecule has 0 bridgehead atoms. The summed E-state index contributed by atoms with van der Waals surface area (Å²) < 4.78 is 5.12. The van der Waals surface area contributed by atoms with Crippen molar-refractivity contribution in [1.29, 1.82) is 0 Å². The average molecular weight is 354 g/mol. The molecule has 0 saturated heterocycles. The van der Waals surface area contributed by atoms with Crippen LogP contribution in [0.3, 0.4) is 0 Å². The standard InChI is InChI=1S/C19H16ClN3O2/c1-25-17-8-5-15(6-9-17)22-18-10-7-16(12-21-18)23-19(24)13-3-2-4-14(20)11-13/h2-12H,1H3,(H,21,22)(H,23,24). The summed E-state index contributed by atoms with van der Waals surface area (Å²) in [5.41, 5.74) is 1.99. The second-order valence-electron chi connectivity index (χ2n) is 5.25. The SMILES string of the molecule is COc1ccc(Nc2ccc(NC(=O)c3cccc(Cl)c3)cn2)cc1. The van der Waals surface area contributed by atoms with Crippen LogP contribution in [-0.2, 0) is 0 Å². The first kappa shape index (κ1) is 16.8. The molecule has 25 heavy (non-hydrogen) atoms. The summed E-state index contributed by atoms with van der Waals surface area (Å²) in [6.45, 7) is 0. The van der Waals surface area contributed by atoms with Gasteiger partial charge in [-0.05, 0) is 54.6 Å². The minimum atomic E-state index is -0.236. The Morgan fingerprint density at radius 1 is 1.04 bits per heavy atom. The van der Waals surface area contributed by atoms with Gasteiger partial charge in [0.25, 0.3) is 5.91 Å². The van der Waals surface area contributed by atoms with Gasteiger partial charge in [-0.1, -0.05) is 17.7 Å². The van der Waals surface area contributed by atoms with Crippen molar-refractivity contribution in [2.45, 2.75) is 0 Å². The van der Waals surface area contributed by atoms with Crippen LogP contribution in [0.4, 0.5) is 17.2 Å². The highest BCUT2D eigenvalue weighted by Gasteiger charge is 2.07. The molecule has 1 aromatic heterocycles. The summed E-state index contributed by atoms with van der Waals surface area (Å²) in [5, 5.41) is 6.48. The third kappa shape index (κ3) is 4.49. The van der Waals surface area contributed by atoms with Crippen LogP contribution in [-0.4, -0.2) is 18.0 Å². The van der Waals surface area contributed by atoms with E-state index in [9.17, 15) is 4.79 Å². The summed E-state index contributed by atoms with van der Waals surface area (Å²) in [5.74, 6) is 1.23. The number of carbonyl (C=O) groups excluding carboxylic acids is 1. The van der Waals surface area contributed by atoms with Gasteiger partial charge in [-0.3, -0.25) is 4.79 Å². The number of anilines is 3. The molecule has 0 radical (unpaired) electrons. The summed E-state index contributed by atoms with van der Waals surface area (Å²) in [7, 11) is 1.63. The van der Waals surface area contributed by atoms with Gasteiger partial charge in [-0.25, -0.2) is 4.98 Å². The van der Waals surface area contributed by atoms with Crippen LogP contribution < -0.4 is 15.4 Å². The molecule has 6 heteroatoms. The molecule has 2 aromatic carbocycles. The second kappa shape index (κ2) is 7.68. The van der Waals surface area contributed by atoms with Gasteiger partial charge in [-0.15, -0.1) is 0 Å². The number of hydrogen-bond acceptors (Lipinski definition) is 4. The molecule has 0 aliphatic heterocycles. The van der Waals surface area contributed by atoms with Crippen molar-refractivity contribution in [3.63, 3.8) is 0 Å². The van der Waals surface area contributed by atoms with Gasteiger partial charge < -0.3 is 15.4 Å². The molecule has 126 valence electrons. The highest BCUT2D eigenvalue weighted by molar-refractivity contribution is 6.31. The summed E-state index contributed by atoms with van der Waals surface area (Å²) in [6, 6.07) is 17.9. The molecule has 5 nitrogen and oxygen atoms in total. The number of halogens is 1. The predicted octanol–water partition coefficient (Wildman–Crippen LogP) is 4.74. The van der Waals surface area contributed by atoms with Crippen molar-refractivity contribution >= 4 is 34.7 Å². The number of pyridine rings is 1. The lowest BCUT2D eigenvalue weighted by Gasteiger charge is -2.08. The zero-order valence-corrected chi connectivity index (χ0v) is 14.2. The molecule has 0 spiro atoms. The molecule has 1 amide bonds. The van der Waals surface area contributed by atoms with E-state index in [1.54, 1.807) is 49.7 Å². The number of methoxy groups -OCH3 is 1. The van der Waals surface area contributed by atoms with Crippen molar-refractivity contribution in [3.05, 3.63) is 77.4 Å². The molecule has 3 rings (SSSR count). The topological polar surface area (TPSA) is 63.2 Å². The van der Waals surface area contributed by atoms with Gasteiger partial charge >= 0.3 is 0 Å². The Kier molecular flexibility index (Phi) is 5.16. The summed E-state index contributed by atoms with van der Waals surface area (Å²) in [4.78, 5) is 16.5. The van der Waals surface area contributed by atoms with Crippen molar-refractivity contribution in [2.75, 3.05) is 17.7 Å². The monoisotopic (exact) mass is 353 g/mol. The molecule has 0 atom stereocenters. The van der Waals surface area contributed by atoms with Crippen molar-refractivity contribution in [1.82, 2.24) is 4.98 Å². The molecule has 0 fully saturated rings. The van der Waals surface area contributed by atoms with E-state index in [2.05, 4.69) is 15.6 Å². The first-order chi connectivity index (χ1) is 12.1. The Labute approximate surface area is 150 Å². The molecule has 2 N–H and O–H groups in total. The fraction of sp³-hybridized carbons (Fsp3) is 0.0526. The van der Waals surface area contributed by atoms with Crippen LogP contribution in [0.25, 0.3) is 0 Å². The number of hydrogen-bond donors (Lipinski definition) is 2. The maximum absolute atomic E-state index is 12.2. The zero-order chi connectivity index (χ0) is 17.6. The van der Waals surface area contributed by atoms with E-state index in [4.69, 9.17) is 16.3 Å². The average Bonchev–Trinajstić information content (AvgIpc) is 2.64. The number of nitrogens with one attached hydrogen (secondary N) is 2. The first-order valence-corrected chi connectivity index (χ1v) is 7.96. The molecule has 0 aliphatic carbocycles. The number of ether oxygens (including phenoxy) is 1. The third-order valence-corrected chi connectivity index (χ3v) is 3.71. The number of benzene rings is 2. The number of amides is 1. The maximum Gasteiger partial charge on any atom is 0.255 e. The fourth-order valence-corrected chi connectivity index (χ4v) is 2.39. The van der Waals surface area contributed by atoms with Crippen molar-refractivity contribution in [3.8, 4) is 5.75 Å². The maximum atomic E-state index is 12.2. The summed E-state index contributed by atoms with van der Waals surface area (Å²) in [6.07, 6.45) is 1.59. The van der Waals surface area contributed by atoms with E-state index >= 15 is 0 Å². The van der Waals surface area contributed by atoms with Crippen LogP contribution >= 0.6 is 11.6 Å². The predicted molar refractivity (Wildman–Crippen MR) is 99.9 cm³/mol.